The first-order chi connectivity index (χ1) is 15.0. The van der Waals surface area contributed by atoms with Gasteiger partial charge < -0.3 is 0 Å². The minimum atomic E-state index is -2.65. The van der Waals surface area contributed by atoms with Gasteiger partial charge in [0, 0.05) is 23.0 Å². The molecule has 3 aromatic carbocycles. The summed E-state index contributed by atoms with van der Waals surface area (Å²) < 4.78 is 1.29. The molecule has 0 atom stereocenters. The van der Waals surface area contributed by atoms with Gasteiger partial charge in [-0.1, -0.05) is 91.0 Å². The highest BCUT2D eigenvalue weighted by Crippen LogP contribution is 2.46. The molecule has 31 heavy (non-hydrogen) atoms. The van der Waals surface area contributed by atoms with Gasteiger partial charge in [0.1, 0.15) is 5.69 Å². The topological polar surface area (TPSA) is 89.4 Å². The van der Waals surface area contributed by atoms with E-state index in [2.05, 4.69) is 46.6 Å². The molecule has 2 N–H and O–H groups in total. The van der Waals surface area contributed by atoms with Crippen LogP contribution in [0, 0.1) is 6.92 Å². The van der Waals surface area contributed by atoms with Crippen LogP contribution in [0.1, 0.15) is 5.69 Å². The van der Waals surface area contributed by atoms with Crippen molar-refractivity contribution in [3.8, 4) is 0 Å². The van der Waals surface area contributed by atoms with Crippen LogP contribution in [-0.4, -0.2) is 21.9 Å². The third kappa shape index (κ3) is 3.81. The van der Waals surface area contributed by atoms with Gasteiger partial charge in [0.15, 0.2) is 0 Å². The Morgan fingerprint density at radius 3 is 1.61 bits per heavy atom. The standard InChI is InChI=1S/C23H23N6OP/c1-18-22(30)29(23(26-25-18)28(2)24)27-31(19-12-6-3-7-13-19,20-14-8-4-9-15-20)21-16-10-5-11-17-21/h3-17H,24H2,1-2H3. The van der Waals surface area contributed by atoms with E-state index in [1.165, 1.54) is 9.69 Å². The quantitative estimate of drug-likeness (QED) is 0.298. The van der Waals surface area contributed by atoms with Crippen LogP contribution in [0.2, 0.25) is 0 Å². The predicted molar refractivity (Wildman–Crippen MR) is 127 cm³/mol. The van der Waals surface area contributed by atoms with E-state index in [-0.39, 0.29) is 17.2 Å². The molecule has 0 saturated carbocycles. The van der Waals surface area contributed by atoms with Crippen molar-refractivity contribution in [2.75, 3.05) is 12.1 Å². The van der Waals surface area contributed by atoms with Crippen molar-refractivity contribution in [1.82, 2.24) is 14.9 Å². The molecule has 0 saturated heterocycles. The average Bonchev–Trinajstić information content (AvgIpc) is 2.81. The van der Waals surface area contributed by atoms with E-state index in [0.717, 1.165) is 15.9 Å². The summed E-state index contributed by atoms with van der Waals surface area (Å²) in [5.74, 6) is 6.16. The van der Waals surface area contributed by atoms with Gasteiger partial charge in [0.25, 0.3) is 11.5 Å². The SMILES string of the molecule is Cc1nnc(N(C)N)n(N=P(c2ccccc2)(c2ccccc2)c2ccccc2)c1=O. The van der Waals surface area contributed by atoms with E-state index in [1.807, 2.05) is 54.6 Å². The van der Waals surface area contributed by atoms with Gasteiger partial charge in [-0.05, 0) is 6.92 Å². The fourth-order valence-electron chi connectivity index (χ4n) is 3.42. The van der Waals surface area contributed by atoms with Crippen molar-refractivity contribution in [3.05, 3.63) is 107 Å². The first-order valence-corrected chi connectivity index (χ1v) is 11.5. The summed E-state index contributed by atoms with van der Waals surface area (Å²) in [7, 11) is -1.04. The van der Waals surface area contributed by atoms with Crippen LogP contribution >= 0.6 is 7.05 Å². The largest absolute Gasteiger partial charge is 0.297 e. The molecular formula is C23H23N6OP. The molecule has 0 bridgehead atoms. The third-order valence-corrected chi connectivity index (χ3v) is 8.49. The maximum atomic E-state index is 13.2. The van der Waals surface area contributed by atoms with Gasteiger partial charge in [-0.3, -0.25) is 9.80 Å². The van der Waals surface area contributed by atoms with Gasteiger partial charge in [-0.2, -0.15) is 9.53 Å². The van der Waals surface area contributed by atoms with E-state index in [1.54, 1.807) is 14.0 Å². The van der Waals surface area contributed by atoms with Crippen LogP contribution in [0.4, 0.5) is 5.95 Å². The molecule has 7 nitrogen and oxygen atoms in total. The molecule has 0 aliphatic heterocycles. The fraction of sp³-hybridized carbons (Fsp3) is 0.0870. The normalized spacial score (nSPS) is 11.2. The summed E-state index contributed by atoms with van der Waals surface area (Å²) in [5.41, 5.74) is -0.101. The van der Waals surface area contributed by atoms with Gasteiger partial charge in [-0.15, -0.1) is 10.2 Å². The molecule has 8 heteroatoms. The second kappa shape index (κ2) is 8.68. The van der Waals surface area contributed by atoms with Gasteiger partial charge >= 0.3 is 0 Å². The minimum Gasteiger partial charge on any atom is -0.280 e. The van der Waals surface area contributed by atoms with Crippen LogP contribution in [0.15, 0.2) is 101 Å². The van der Waals surface area contributed by atoms with Gasteiger partial charge in [0.2, 0.25) is 0 Å². The van der Waals surface area contributed by atoms with Crippen molar-refractivity contribution >= 4 is 28.9 Å². The molecule has 0 spiro atoms. The molecule has 1 heterocycles. The lowest BCUT2D eigenvalue weighted by atomic mass is 10.4. The zero-order valence-corrected chi connectivity index (χ0v) is 18.2. The van der Waals surface area contributed by atoms with E-state index in [9.17, 15) is 4.79 Å². The molecule has 0 aliphatic carbocycles. The number of aryl methyl sites for hydroxylation is 1. The molecular weight excluding hydrogens is 407 g/mol. The number of benzene rings is 3. The Morgan fingerprint density at radius 1 is 0.806 bits per heavy atom. The number of hydrogen-bond donors (Lipinski definition) is 1. The van der Waals surface area contributed by atoms with Crippen LogP contribution in [0.3, 0.4) is 0 Å². The zero-order chi connectivity index (χ0) is 21.8. The number of aromatic nitrogens is 3. The average molecular weight is 430 g/mol. The Hall–Kier alpha value is -3.54. The maximum absolute atomic E-state index is 13.2. The summed E-state index contributed by atoms with van der Waals surface area (Å²) in [5, 5.41) is 12.4. The highest BCUT2D eigenvalue weighted by molar-refractivity contribution is 7.87. The molecule has 0 unspecified atom stereocenters. The lowest BCUT2D eigenvalue weighted by molar-refractivity contribution is 0.711. The monoisotopic (exact) mass is 430 g/mol. The van der Waals surface area contributed by atoms with Crippen LogP contribution in [0.25, 0.3) is 0 Å². The second-order valence-corrected chi connectivity index (χ2v) is 10.0. The molecule has 156 valence electrons. The van der Waals surface area contributed by atoms with Crippen LogP contribution < -0.4 is 32.3 Å². The molecule has 0 aliphatic rings. The first kappa shape index (κ1) is 20.7. The molecule has 0 radical (unpaired) electrons. The van der Waals surface area contributed by atoms with Crippen molar-refractivity contribution in [3.63, 3.8) is 0 Å². The van der Waals surface area contributed by atoms with Gasteiger partial charge in [0.05, 0.1) is 7.05 Å². The highest BCUT2D eigenvalue weighted by Gasteiger charge is 2.29. The summed E-state index contributed by atoms with van der Waals surface area (Å²) in [6, 6.07) is 30.1. The van der Waals surface area contributed by atoms with Crippen molar-refractivity contribution in [2.45, 2.75) is 6.92 Å². The number of rotatable bonds is 5. The second-order valence-electron chi connectivity index (χ2n) is 7.04. The van der Waals surface area contributed by atoms with Gasteiger partial charge in [-0.25, -0.2) is 5.84 Å². The number of hydrogen-bond acceptors (Lipinski definition) is 6. The Kier molecular flexibility index (Phi) is 5.80. The molecule has 4 aromatic rings. The van der Waals surface area contributed by atoms with Crippen molar-refractivity contribution in [2.24, 2.45) is 10.7 Å². The van der Waals surface area contributed by atoms with E-state index in [0.29, 0.717) is 0 Å². The number of hydrazine groups is 1. The molecule has 4 rings (SSSR count). The fourth-order valence-corrected chi connectivity index (χ4v) is 6.86. The van der Waals surface area contributed by atoms with Crippen molar-refractivity contribution in [1.29, 1.82) is 0 Å². The molecule has 0 fully saturated rings. The Bertz CT molecular complexity index is 1180. The highest BCUT2D eigenvalue weighted by atomic mass is 31.2. The van der Waals surface area contributed by atoms with E-state index < -0.39 is 7.05 Å². The Morgan fingerprint density at radius 2 is 1.23 bits per heavy atom. The lowest BCUT2D eigenvalue weighted by Gasteiger charge is -2.27. The van der Waals surface area contributed by atoms with Crippen LogP contribution in [0.5, 0.6) is 0 Å². The summed E-state index contributed by atoms with van der Waals surface area (Å²) in [4.78, 5) is 18.3. The van der Waals surface area contributed by atoms with E-state index in [4.69, 9.17) is 10.7 Å². The van der Waals surface area contributed by atoms with Crippen molar-refractivity contribution < 1.29 is 0 Å². The lowest BCUT2D eigenvalue weighted by Crippen LogP contribution is -2.36. The van der Waals surface area contributed by atoms with E-state index >= 15 is 0 Å². The maximum Gasteiger partial charge on any atom is 0.297 e. The Balaban J connectivity index is 2.23. The number of nitrogens with two attached hydrogens (primary N) is 1. The first-order valence-electron chi connectivity index (χ1n) is 9.78. The zero-order valence-electron chi connectivity index (χ0n) is 17.3. The number of anilines is 1. The minimum absolute atomic E-state index is 0.169. The molecule has 1 aromatic heterocycles. The molecule has 0 amide bonds. The van der Waals surface area contributed by atoms with Crippen LogP contribution in [-0.2, 0) is 0 Å². The smallest absolute Gasteiger partial charge is 0.280 e. The number of nitrogens with zero attached hydrogens (tertiary/aromatic N) is 5. The summed E-state index contributed by atoms with van der Waals surface area (Å²) >= 11 is 0. The summed E-state index contributed by atoms with van der Waals surface area (Å²) in [6.45, 7) is 1.62. The Labute approximate surface area is 180 Å². The summed E-state index contributed by atoms with van der Waals surface area (Å²) in [6.07, 6.45) is 0. The third-order valence-electron chi connectivity index (χ3n) is 4.91. The predicted octanol–water partition coefficient (Wildman–Crippen LogP) is 2.20.